The first kappa shape index (κ1) is 17.7. The van der Waals surface area contributed by atoms with Crippen molar-refractivity contribution in [1.29, 1.82) is 0 Å². The second-order valence-corrected chi connectivity index (χ2v) is 4.97. The predicted octanol–water partition coefficient (Wildman–Crippen LogP) is 1.30. The Bertz CT molecular complexity index is 540. The molecular formula is C16H22N2O4. The normalized spacial score (nSPS) is 12.9. The minimum absolute atomic E-state index is 0.0342. The molecule has 0 aliphatic carbocycles. The maximum absolute atomic E-state index is 12.0. The molecule has 1 aromatic carbocycles. The summed E-state index contributed by atoms with van der Waals surface area (Å²) in [4.78, 5) is 34.7. The molecule has 0 fully saturated rings. The molecule has 120 valence electrons. The van der Waals surface area contributed by atoms with Crippen LogP contribution in [0.3, 0.4) is 0 Å². The Morgan fingerprint density at radius 3 is 2.18 bits per heavy atom. The van der Waals surface area contributed by atoms with Gasteiger partial charge >= 0.3 is 0 Å². The summed E-state index contributed by atoms with van der Waals surface area (Å²) >= 11 is 0. The first-order valence-electron chi connectivity index (χ1n) is 7.20. The number of ether oxygens (including phenoxy) is 1. The molecule has 6 nitrogen and oxygen atoms in total. The van der Waals surface area contributed by atoms with Crippen molar-refractivity contribution in [3.8, 4) is 5.75 Å². The Labute approximate surface area is 130 Å². The Hall–Kier alpha value is -2.37. The van der Waals surface area contributed by atoms with Crippen LogP contribution in [-0.4, -0.2) is 36.3 Å². The molecule has 0 aromatic heterocycles. The first-order chi connectivity index (χ1) is 10.3. The SMILES string of the molecule is CCNC(=O)C(C)NC(=O)C(C)Oc1ccc(C(C)=O)cc1. The van der Waals surface area contributed by atoms with E-state index in [1.54, 1.807) is 38.1 Å². The number of Topliss-reactive ketones (excluding diaryl/α,β-unsaturated/α-hetero) is 1. The van der Waals surface area contributed by atoms with Crippen LogP contribution < -0.4 is 15.4 Å². The highest BCUT2D eigenvalue weighted by molar-refractivity contribution is 5.94. The molecule has 2 atom stereocenters. The highest BCUT2D eigenvalue weighted by Gasteiger charge is 2.20. The molecular weight excluding hydrogens is 284 g/mol. The molecule has 2 N–H and O–H groups in total. The zero-order valence-electron chi connectivity index (χ0n) is 13.3. The Morgan fingerprint density at radius 1 is 1.09 bits per heavy atom. The molecule has 2 unspecified atom stereocenters. The van der Waals surface area contributed by atoms with Gasteiger partial charge in [0.1, 0.15) is 11.8 Å². The number of carbonyl (C=O) groups is 3. The van der Waals surface area contributed by atoms with E-state index in [1.165, 1.54) is 6.92 Å². The van der Waals surface area contributed by atoms with E-state index >= 15 is 0 Å². The quantitative estimate of drug-likeness (QED) is 0.744. The molecule has 6 heteroatoms. The summed E-state index contributed by atoms with van der Waals surface area (Å²) in [7, 11) is 0. The van der Waals surface area contributed by atoms with Gasteiger partial charge < -0.3 is 15.4 Å². The summed E-state index contributed by atoms with van der Waals surface area (Å²) in [5, 5.41) is 5.21. The van der Waals surface area contributed by atoms with Crippen molar-refractivity contribution in [2.45, 2.75) is 39.8 Å². The van der Waals surface area contributed by atoms with E-state index in [-0.39, 0.29) is 17.6 Å². The fourth-order valence-corrected chi connectivity index (χ4v) is 1.75. The average molecular weight is 306 g/mol. The number of nitrogens with one attached hydrogen (secondary N) is 2. The van der Waals surface area contributed by atoms with Gasteiger partial charge in [-0.05, 0) is 52.0 Å². The molecule has 2 amide bonds. The maximum Gasteiger partial charge on any atom is 0.261 e. The van der Waals surface area contributed by atoms with E-state index in [2.05, 4.69) is 10.6 Å². The van der Waals surface area contributed by atoms with Gasteiger partial charge in [0, 0.05) is 12.1 Å². The lowest BCUT2D eigenvalue weighted by molar-refractivity contribution is -0.132. The van der Waals surface area contributed by atoms with Gasteiger partial charge in [-0.15, -0.1) is 0 Å². The van der Waals surface area contributed by atoms with Gasteiger partial charge in [-0.2, -0.15) is 0 Å². The fourth-order valence-electron chi connectivity index (χ4n) is 1.75. The van der Waals surface area contributed by atoms with Crippen LogP contribution in [-0.2, 0) is 9.59 Å². The van der Waals surface area contributed by atoms with Crippen LogP contribution in [0.15, 0.2) is 24.3 Å². The molecule has 0 bridgehead atoms. The summed E-state index contributed by atoms with van der Waals surface area (Å²) in [6.45, 7) is 7.00. The van der Waals surface area contributed by atoms with E-state index in [0.29, 0.717) is 17.9 Å². The van der Waals surface area contributed by atoms with Gasteiger partial charge in [-0.3, -0.25) is 14.4 Å². The number of benzene rings is 1. The topological polar surface area (TPSA) is 84.5 Å². The summed E-state index contributed by atoms with van der Waals surface area (Å²) < 4.78 is 5.50. The van der Waals surface area contributed by atoms with Gasteiger partial charge in [-0.25, -0.2) is 0 Å². The van der Waals surface area contributed by atoms with Gasteiger partial charge in [-0.1, -0.05) is 0 Å². The predicted molar refractivity (Wildman–Crippen MR) is 82.8 cm³/mol. The van der Waals surface area contributed by atoms with Gasteiger partial charge in [0.2, 0.25) is 5.91 Å². The maximum atomic E-state index is 12.0. The van der Waals surface area contributed by atoms with Crippen molar-refractivity contribution < 1.29 is 19.1 Å². The summed E-state index contributed by atoms with van der Waals surface area (Å²) in [6.07, 6.45) is -0.750. The average Bonchev–Trinajstić information content (AvgIpc) is 2.47. The van der Waals surface area contributed by atoms with Gasteiger partial charge in [0.15, 0.2) is 11.9 Å². The fraction of sp³-hybridized carbons (Fsp3) is 0.438. The third-order valence-electron chi connectivity index (χ3n) is 3.05. The lowest BCUT2D eigenvalue weighted by atomic mass is 10.1. The minimum Gasteiger partial charge on any atom is -0.481 e. The monoisotopic (exact) mass is 306 g/mol. The van der Waals surface area contributed by atoms with Crippen molar-refractivity contribution in [2.24, 2.45) is 0 Å². The third-order valence-corrected chi connectivity index (χ3v) is 3.05. The van der Waals surface area contributed by atoms with Crippen LogP contribution in [0.4, 0.5) is 0 Å². The number of amides is 2. The number of rotatable bonds is 7. The Morgan fingerprint density at radius 2 is 1.68 bits per heavy atom. The molecule has 1 rings (SSSR count). The second-order valence-electron chi connectivity index (χ2n) is 4.97. The van der Waals surface area contributed by atoms with Gasteiger partial charge in [0.05, 0.1) is 0 Å². The van der Waals surface area contributed by atoms with Crippen LogP contribution >= 0.6 is 0 Å². The molecule has 0 aliphatic heterocycles. The van der Waals surface area contributed by atoms with Crippen LogP contribution in [0.25, 0.3) is 0 Å². The number of carbonyl (C=O) groups excluding carboxylic acids is 3. The third kappa shape index (κ3) is 5.20. The van der Waals surface area contributed by atoms with Crippen molar-refractivity contribution in [3.63, 3.8) is 0 Å². The minimum atomic E-state index is -0.750. The van der Waals surface area contributed by atoms with Crippen LogP contribution in [0.1, 0.15) is 38.1 Å². The summed E-state index contributed by atoms with van der Waals surface area (Å²) in [5.41, 5.74) is 0.578. The second kappa shape index (κ2) is 8.17. The van der Waals surface area contributed by atoms with Crippen molar-refractivity contribution in [1.82, 2.24) is 10.6 Å². The standard InChI is InChI=1S/C16H22N2O4/c1-5-17-15(20)10(2)18-16(21)12(4)22-14-8-6-13(7-9-14)11(3)19/h6-10,12H,5H2,1-4H3,(H,17,20)(H,18,21). The van der Waals surface area contributed by atoms with Crippen molar-refractivity contribution >= 4 is 17.6 Å². The largest absolute Gasteiger partial charge is 0.481 e. The van der Waals surface area contributed by atoms with Gasteiger partial charge in [0.25, 0.3) is 5.91 Å². The highest BCUT2D eigenvalue weighted by atomic mass is 16.5. The number of hydrogen-bond acceptors (Lipinski definition) is 4. The van der Waals surface area contributed by atoms with E-state index in [1.807, 2.05) is 6.92 Å². The molecule has 0 saturated carbocycles. The van der Waals surface area contributed by atoms with E-state index in [9.17, 15) is 14.4 Å². The highest BCUT2D eigenvalue weighted by Crippen LogP contribution is 2.14. The zero-order chi connectivity index (χ0) is 16.7. The van der Waals surface area contributed by atoms with Crippen LogP contribution in [0.5, 0.6) is 5.75 Å². The van der Waals surface area contributed by atoms with E-state index in [4.69, 9.17) is 4.74 Å². The lowest BCUT2D eigenvalue weighted by Crippen LogP contribution is -2.48. The Balaban J connectivity index is 2.56. The zero-order valence-corrected chi connectivity index (χ0v) is 13.3. The summed E-state index contributed by atoms with van der Waals surface area (Å²) in [5.74, 6) is -0.172. The van der Waals surface area contributed by atoms with Crippen LogP contribution in [0, 0.1) is 0 Å². The lowest BCUT2D eigenvalue weighted by Gasteiger charge is -2.18. The van der Waals surface area contributed by atoms with E-state index in [0.717, 1.165) is 0 Å². The summed E-state index contributed by atoms with van der Waals surface area (Å²) in [6, 6.07) is 5.92. The van der Waals surface area contributed by atoms with E-state index < -0.39 is 12.1 Å². The number of hydrogen-bond donors (Lipinski definition) is 2. The number of ketones is 1. The smallest absolute Gasteiger partial charge is 0.261 e. The van der Waals surface area contributed by atoms with Crippen molar-refractivity contribution in [3.05, 3.63) is 29.8 Å². The Kier molecular flexibility index (Phi) is 6.56. The molecule has 0 aliphatic rings. The molecule has 1 aromatic rings. The molecule has 0 radical (unpaired) electrons. The molecule has 0 saturated heterocycles. The van der Waals surface area contributed by atoms with Crippen LogP contribution in [0.2, 0.25) is 0 Å². The molecule has 22 heavy (non-hydrogen) atoms. The van der Waals surface area contributed by atoms with Crippen molar-refractivity contribution in [2.75, 3.05) is 6.54 Å². The first-order valence-corrected chi connectivity index (χ1v) is 7.20. The number of likely N-dealkylation sites (N-methyl/N-ethyl adjacent to an activating group) is 1. The molecule has 0 heterocycles. The molecule has 0 spiro atoms.